The smallest absolute Gasteiger partial charge is 0.222 e. The Kier molecular flexibility index (Phi) is 4.71. The number of amides is 1. The highest BCUT2D eigenvalue weighted by Crippen LogP contribution is 2.20. The van der Waals surface area contributed by atoms with Gasteiger partial charge in [-0.1, -0.05) is 30.3 Å². The lowest BCUT2D eigenvalue weighted by Crippen LogP contribution is -2.27. The summed E-state index contributed by atoms with van der Waals surface area (Å²) >= 11 is 0. The van der Waals surface area contributed by atoms with Crippen LogP contribution in [0.3, 0.4) is 0 Å². The second-order valence-corrected chi connectivity index (χ2v) is 5.63. The van der Waals surface area contributed by atoms with Gasteiger partial charge in [-0.05, 0) is 12.8 Å². The molecule has 1 fully saturated rings. The van der Waals surface area contributed by atoms with E-state index in [1.807, 2.05) is 41.3 Å². The van der Waals surface area contributed by atoms with Crippen LogP contribution in [0.5, 0.6) is 0 Å². The Morgan fingerprint density at radius 1 is 1.22 bits per heavy atom. The van der Waals surface area contributed by atoms with E-state index in [1.165, 1.54) is 0 Å². The SMILES string of the molecule is Nc1nc(NCCCN2CCCC2=O)cc(-c2ccccc2)n1. The van der Waals surface area contributed by atoms with E-state index in [0.29, 0.717) is 12.2 Å². The number of nitrogens with two attached hydrogens (primary N) is 1. The molecular weight excluding hydrogens is 290 g/mol. The summed E-state index contributed by atoms with van der Waals surface area (Å²) in [5, 5.41) is 3.27. The first-order chi connectivity index (χ1) is 11.2. The van der Waals surface area contributed by atoms with Gasteiger partial charge in [-0.15, -0.1) is 0 Å². The van der Waals surface area contributed by atoms with Crippen molar-refractivity contribution in [3.05, 3.63) is 36.4 Å². The molecule has 1 amide bonds. The molecule has 2 aromatic rings. The number of hydrogen-bond acceptors (Lipinski definition) is 5. The molecular formula is C17H21N5O. The normalized spacial score (nSPS) is 14.3. The summed E-state index contributed by atoms with van der Waals surface area (Å²) in [5.74, 6) is 1.23. The Labute approximate surface area is 135 Å². The lowest BCUT2D eigenvalue weighted by molar-refractivity contribution is -0.127. The van der Waals surface area contributed by atoms with E-state index >= 15 is 0 Å². The monoisotopic (exact) mass is 311 g/mol. The lowest BCUT2D eigenvalue weighted by atomic mass is 10.1. The molecule has 1 aliphatic heterocycles. The summed E-state index contributed by atoms with van der Waals surface area (Å²) in [6.07, 6.45) is 2.56. The molecule has 23 heavy (non-hydrogen) atoms. The van der Waals surface area contributed by atoms with Crippen molar-refractivity contribution in [2.24, 2.45) is 0 Å². The van der Waals surface area contributed by atoms with Gasteiger partial charge in [0.15, 0.2) is 0 Å². The number of anilines is 2. The fourth-order valence-corrected chi connectivity index (χ4v) is 2.74. The molecule has 2 heterocycles. The van der Waals surface area contributed by atoms with E-state index in [-0.39, 0.29) is 11.9 Å². The van der Waals surface area contributed by atoms with Crippen LogP contribution in [-0.2, 0) is 4.79 Å². The van der Waals surface area contributed by atoms with E-state index < -0.39 is 0 Å². The highest BCUT2D eigenvalue weighted by molar-refractivity contribution is 5.78. The van der Waals surface area contributed by atoms with Crippen molar-refractivity contribution in [2.75, 3.05) is 30.7 Å². The Hall–Kier alpha value is -2.63. The fourth-order valence-electron chi connectivity index (χ4n) is 2.74. The zero-order chi connectivity index (χ0) is 16.1. The number of rotatable bonds is 6. The molecule has 3 N–H and O–H groups in total. The minimum absolute atomic E-state index is 0.253. The third kappa shape index (κ3) is 3.97. The molecule has 0 saturated carbocycles. The van der Waals surface area contributed by atoms with Crippen molar-refractivity contribution in [1.29, 1.82) is 0 Å². The van der Waals surface area contributed by atoms with Crippen LogP contribution in [-0.4, -0.2) is 40.4 Å². The van der Waals surface area contributed by atoms with E-state index in [4.69, 9.17) is 5.73 Å². The number of nitrogens with zero attached hydrogens (tertiary/aromatic N) is 3. The second-order valence-electron chi connectivity index (χ2n) is 5.63. The molecule has 3 rings (SSSR count). The number of carbonyl (C=O) groups excluding carboxylic acids is 1. The molecule has 1 saturated heterocycles. The third-order valence-electron chi connectivity index (χ3n) is 3.90. The zero-order valence-corrected chi connectivity index (χ0v) is 13.0. The molecule has 6 nitrogen and oxygen atoms in total. The first kappa shape index (κ1) is 15.3. The number of aromatic nitrogens is 2. The Morgan fingerprint density at radius 2 is 2.04 bits per heavy atom. The summed E-state index contributed by atoms with van der Waals surface area (Å²) in [4.78, 5) is 22.0. The average molecular weight is 311 g/mol. The maximum atomic E-state index is 11.6. The highest BCUT2D eigenvalue weighted by Gasteiger charge is 2.18. The van der Waals surface area contributed by atoms with Crippen molar-refractivity contribution >= 4 is 17.7 Å². The third-order valence-corrected chi connectivity index (χ3v) is 3.90. The molecule has 6 heteroatoms. The molecule has 1 aromatic carbocycles. The molecule has 0 aliphatic carbocycles. The van der Waals surface area contributed by atoms with Gasteiger partial charge in [-0.3, -0.25) is 4.79 Å². The molecule has 0 unspecified atom stereocenters. The first-order valence-corrected chi connectivity index (χ1v) is 7.94. The van der Waals surface area contributed by atoms with Crippen LogP contribution >= 0.6 is 0 Å². The average Bonchev–Trinajstić information content (AvgIpc) is 2.97. The van der Waals surface area contributed by atoms with Gasteiger partial charge in [-0.2, -0.15) is 4.98 Å². The number of nitrogen functional groups attached to an aromatic ring is 1. The van der Waals surface area contributed by atoms with E-state index in [1.54, 1.807) is 0 Å². The van der Waals surface area contributed by atoms with Crippen LogP contribution in [0.1, 0.15) is 19.3 Å². The van der Waals surface area contributed by atoms with Gasteiger partial charge in [0.05, 0.1) is 5.69 Å². The Balaban J connectivity index is 1.57. The van der Waals surface area contributed by atoms with Gasteiger partial charge in [0, 0.05) is 37.7 Å². The molecule has 1 aliphatic rings. The van der Waals surface area contributed by atoms with E-state index in [9.17, 15) is 4.79 Å². The minimum Gasteiger partial charge on any atom is -0.370 e. The van der Waals surface area contributed by atoms with Gasteiger partial charge >= 0.3 is 0 Å². The van der Waals surface area contributed by atoms with Crippen LogP contribution in [0.25, 0.3) is 11.3 Å². The van der Waals surface area contributed by atoms with Crippen molar-refractivity contribution in [3.63, 3.8) is 0 Å². The Morgan fingerprint density at radius 3 is 2.78 bits per heavy atom. The summed E-state index contributed by atoms with van der Waals surface area (Å²) in [7, 11) is 0. The number of benzene rings is 1. The summed E-state index contributed by atoms with van der Waals surface area (Å²) < 4.78 is 0. The van der Waals surface area contributed by atoms with Crippen LogP contribution in [0.2, 0.25) is 0 Å². The first-order valence-electron chi connectivity index (χ1n) is 7.94. The van der Waals surface area contributed by atoms with Crippen LogP contribution in [0.4, 0.5) is 11.8 Å². The topological polar surface area (TPSA) is 84.1 Å². The van der Waals surface area contributed by atoms with Gasteiger partial charge < -0.3 is 16.0 Å². The quantitative estimate of drug-likeness (QED) is 0.799. The predicted molar refractivity (Wildman–Crippen MR) is 90.8 cm³/mol. The van der Waals surface area contributed by atoms with Crippen molar-refractivity contribution < 1.29 is 4.79 Å². The highest BCUT2D eigenvalue weighted by atomic mass is 16.2. The molecule has 0 radical (unpaired) electrons. The molecule has 0 bridgehead atoms. The minimum atomic E-state index is 0.253. The summed E-state index contributed by atoms with van der Waals surface area (Å²) in [6, 6.07) is 11.8. The fraction of sp³-hybridized carbons (Fsp3) is 0.353. The number of likely N-dealkylation sites (tertiary alicyclic amines) is 1. The van der Waals surface area contributed by atoms with Gasteiger partial charge in [0.25, 0.3) is 0 Å². The summed E-state index contributed by atoms with van der Waals surface area (Å²) in [6.45, 7) is 2.42. The predicted octanol–water partition coefficient (Wildman–Crippen LogP) is 2.15. The van der Waals surface area contributed by atoms with Gasteiger partial charge in [-0.25, -0.2) is 4.98 Å². The number of hydrogen-bond donors (Lipinski definition) is 2. The maximum absolute atomic E-state index is 11.6. The lowest BCUT2D eigenvalue weighted by Gasteiger charge is -2.15. The van der Waals surface area contributed by atoms with Gasteiger partial charge in [0.1, 0.15) is 5.82 Å². The van der Waals surface area contributed by atoms with Crippen molar-refractivity contribution in [2.45, 2.75) is 19.3 Å². The largest absolute Gasteiger partial charge is 0.370 e. The van der Waals surface area contributed by atoms with Crippen molar-refractivity contribution in [1.82, 2.24) is 14.9 Å². The standard InChI is InChI=1S/C17H21N5O/c18-17-20-14(13-6-2-1-3-7-13)12-15(21-17)19-9-5-11-22-10-4-8-16(22)23/h1-3,6-7,12H,4-5,8-11H2,(H3,18,19,20,21). The van der Waals surface area contributed by atoms with Crippen LogP contribution in [0, 0.1) is 0 Å². The molecule has 0 atom stereocenters. The molecule has 1 aromatic heterocycles. The van der Waals surface area contributed by atoms with Gasteiger partial charge in [0.2, 0.25) is 11.9 Å². The van der Waals surface area contributed by atoms with Crippen molar-refractivity contribution in [3.8, 4) is 11.3 Å². The summed E-state index contributed by atoms with van der Waals surface area (Å²) in [5.41, 5.74) is 7.61. The number of nitrogens with one attached hydrogen (secondary N) is 1. The zero-order valence-electron chi connectivity index (χ0n) is 13.0. The molecule has 120 valence electrons. The van der Waals surface area contributed by atoms with Crippen LogP contribution < -0.4 is 11.1 Å². The van der Waals surface area contributed by atoms with E-state index in [0.717, 1.165) is 43.7 Å². The number of carbonyl (C=O) groups is 1. The van der Waals surface area contributed by atoms with E-state index in [2.05, 4.69) is 15.3 Å². The molecule has 0 spiro atoms. The van der Waals surface area contributed by atoms with Crippen LogP contribution in [0.15, 0.2) is 36.4 Å². The second kappa shape index (κ2) is 7.09. The maximum Gasteiger partial charge on any atom is 0.222 e. The Bertz CT molecular complexity index is 674.